The van der Waals surface area contributed by atoms with E-state index >= 15 is 0 Å². The molecule has 0 unspecified atom stereocenters. The summed E-state index contributed by atoms with van der Waals surface area (Å²) in [6.45, 7) is -8.62. The molecule has 9 rings (SSSR count). The molecule has 0 radical (unpaired) electrons. The molecule has 9 fully saturated rings. The molecule has 714 valence electrons. The van der Waals surface area contributed by atoms with Crippen LogP contribution in [-0.4, -0.2) is 545 Å². The van der Waals surface area contributed by atoms with Gasteiger partial charge in [0.15, 0.2) is 56.6 Å². The van der Waals surface area contributed by atoms with Gasteiger partial charge < -0.3 is 255 Å². The van der Waals surface area contributed by atoms with Crippen molar-refractivity contribution in [3.63, 3.8) is 0 Å². The van der Waals surface area contributed by atoms with Crippen LogP contribution in [0.2, 0.25) is 0 Å². The van der Waals surface area contributed by atoms with Crippen LogP contribution in [0.4, 0.5) is 0 Å². The molecule has 9 aliphatic heterocycles. The molecule has 0 saturated carbocycles. The van der Waals surface area contributed by atoms with E-state index in [9.17, 15) is 167 Å². The number of nitrogens with one attached hydrogen (secondary N) is 4. The quantitative estimate of drug-likeness (QED) is 0.0277. The highest BCUT2D eigenvalue weighted by atomic mass is 16.8. The van der Waals surface area contributed by atoms with Gasteiger partial charge in [0.25, 0.3) is 0 Å². The van der Waals surface area contributed by atoms with Gasteiger partial charge in [-0.1, -0.05) is 0 Å². The van der Waals surface area contributed by atoms with Gasteiger partial charge in [0.2, 0.25) is 23.6 Å². The molecule has 9 heterocycles. The number of hydrogen-bond donors (Lipinski definition) is 33. The Morgan fingerprint density at radius 2 is 0.561 bits per heavy atom. The Morgan fingerprint density at radius 1 is 0.276 bits per heavy atom. The number of aliphatic hydroxyl groups excluding tert-OH is 29. The van der Waals surface area contributed by atoms with Crippen molar-refractivity contribution < 1.29 is 253 Å². The molecule has 123 heavy (non-hydrogen) atoms. The second-order valence-corrected chi connectivity index (χ2v) is 30.8. The number of carbonyl (C=O) groups excluding carboxylic acids is 4. The van der Waals surface area contributed by atoms with Crippen molar-refractivity contribution in [3.05, 3.63) is 0 Å². The maximum Gasteiger partial charge on any atom is 0.217 e. The highest BCUT2D eigenvalue weighted by Gasteiger charge is 2.61. The second kappa shape index (κ2) is 45.7. The number of amides is 4. The first-order valence-corrected chi connectivity index (χ1v) is 39.1. The number of carbonyl (C=O) groups is 4. The van der Waals surface area contributed by atoms with Gasteiger partial charge in [0.05, 0.1) is 78.7 Å². The van der Waals surface area contributed by atoms with E-state index in [0.717, 1.165) is 27.7 Å². The zero-order valence-corrected chi connectivity index (χ0v) is 66.0. The van der Waals surface area contributed by atoms with Crippen molar-refractivity contribution in [1.82, 2.24) is 21.3 Å². The monoisotopic (exact) mass is 1800 g/mol. The van der Waals surface area contributed by atoms with E-state index in [-0.39, 0.29) is 0 Å². The van der Waals surface area contributed by atoms with E-state index < -0.39 is 397 Å². The lowest BCUT2D eigenvalue weighted by molar-refractivity contribution is -0.390. The van der Waals surface area contributed by atoms with E-state index in [4.69, 9.17) is 85.3 Å². The van der Waals surface area contributed by atoms with Gasteiger partial charge >= 0.3 is 0 Å². The molecular weight excluding hydrogens is 1690 g/mol. The summed E-state index contributed by atoms with van der Waals surface area (Å²) in [7, 11) is 0. The van der Waals surface area contributed by atoms with E-state index in [1.807, 2.05) is 0 Å². The summed E-state index contributed by atoms with van der Waals surface area (Å²) in [5.41, 5.74) is 0. The normalized spacial score (nSPS) is 46.7. The van der Waals surface area contributed by atoms with Crippen molar-refractivity contribution in [2.45, 2.75) is 328 Å². The fourth-order valence-electron chi connectivity index (χ4n) is 15.4. The Balaban J connectivity index is 1.04. The van der Waals surface area contributed by atoms with Crippen molar-refractivity contribution in [2.24, 2.45) is 0 Å². The van der Waals surface area contributed by atoms with Gasteiger partial charge in [0.1, 0.15) is 238 Å². The van der Waals surface area contributed by atoms with E-state index in [1.165, 1.54) is 0 Å². The minimum absolute atomic E-state index is 0.898. The molecule has 55 heteroatoms. The van der Waals surface area contributed by atoms with Crippen LogP contribution in [0.15, 0.2) is 0 Å². The Bertz CT molecular complexity index is 3250. The largest absolute Gasteiger partial charge is 0.394 e. The lowest BCUT2D eigenvalue weighted by atomic mass is 9.94. The zero-order valence-electron chi connectivity index (χ0n) is 66.0. The summed E-state index contributed by atoms with van der Waals surface area (Å²) in [4.78, 5) is 51.0. The maximum absolute atomic E-state index is 13.1. The molecule has 0 aliphatic carbocycles. The molecule has 33 N–H and O–H groups in total. The zero-order chi connectivity index (χ0) is 90.9. The van der Waals surface area contributed by atoms with E-state index in [1.54, 1.807) is 0 Å². The van der Waals surface area contributed by atoms with Crippen molar-refractivity contribution in [2.75, 3.05) is 72.7 Å². The second-order valence-electron chi connectivity index (χ2n) is 30.8. The van der Waals surface area contributed by atoms with E-state index in [0.29, 0.717) is 0 Å². The first-order valence-electron chi connectivity index (χ1n) is 39.1. The third-order valence-corrected chi connectivity index (χ3v) is 22.1. The minimum Gasteiger partial charge on any atom is -0.394 e. The maximum atomic E-state index is 13.1. The summed E-state index contributed by atoms with van der Waals surface area (Å²) in [6.07, 6.45) is -95.4. The fourth-order valence-corrected chi connectivity index (χ4v) is 15.4. The molecule has 55 nitrogen and oxygen atoms in total. The summed E-state index contributed by atoms with van der Waals surface area (Å²) in [5, 5.41) is 330. The van der Waals surface area contributed by atoms with Crippen molar-refractivity contribution in [1.29, 1.82) is 0 Å². The van der Waals surface area contributed by atoms with Crippen LogP contribution in [0.25, 0.3) is 0 Å². The number of aliphatic hydroxyl groups is 29. The van der Waals surface area contributed by atoms with Crippen LogP contribution in [0.5, 0.6) is 0 Å². The smallest absolute Gasteiger partial charge is 0.217 e. The SMILES string of the molecule is CC(=O)N[C@H]1[C@H](OC[C@H]2O[C@H](OC[C@H]3O[C@@H](O[C@@H]([C@H](O)[C@H](CO)NC(C)=O)[C@H](O)CO)[C@@H](O)[C@@H](O[C@H]4O[C@H](CO)[C@@H](O[C@@H]5O[C@H](CO)[C@@H](O[C@@H]6O[C@H](CO)[C@H](O)[C@H](O)[C@H]6O)[C@H](O)[C@H]5NC(C)=O)[C@H](O)[C@@H]4O)[C@@H]3O)[C@@H](O[C@@H]3O[C@H](CO)[C@@H](O[C@@H]4O[C@H](CO)[C@H](O)[C@H](O)[C@H]4O)[C@H](O)[C@H]3NC(C)=O)[C@@H](O)[C@@H]2O)O[C@H](CO)[C@@H](O[C@@H]2O[C@H](CO)[C@H](O)[C@H](O)[C@H]2O)[C@@H]1O. The van der Waals surface area contributed by atoms with Gasteiger partial charge in [0, 0.05) is 27.7 Å². The average molecular weight is 1810 g/mol. The predicted octanol–water partition coefficient (Wildman–Crippen LogP) is -22.6. The van der Waals surface area contributed by atoms with E-state index in [2.05, 4.69) is 21.3 Å². The minimum atomic E-state index is -2.60. The Kier molecular flexibility index (Phi) is 38.2. The molecular formula is C68H116N4O51. The average Bonchev–Trinajstić information content (AvgIpc) is 0.785. The highest BCUT2D eigenvalue weighted by Crippen LogP contribution is 2.40. The number of hydrogen-bond acceptors (Lipinski definition) is 51. The standard InChI is InChI=1S/C68H116N4O51/c1-16(82)69-20(5-73)34(87)53(21(86)6-74)117-67-52(105)58(122-66-51(104)47(100)57(28(13-81)114-66)118-61-32(71-18(3)84)41(94)55(26(11-79)112-61)120-64-49(102)44(97)36(89)23(8-76)109-64)39(92)30(115-67)15-107-68-59(123-62-33(72-19(4)85)42(95)56(27(12-80)113-62)121-65-50(103)45(98)37(90)24(9-77)110-65)46(99)38(91)29(116-68)14-106-60-31(70-17(2)83)40(93)54(25(10-78)111-60)119-63-48(101)43(96)35(88)22(7-75)108-63/h20-68,73-81,86-105H,5-15H2,1-4H3,(H,69,82)(H,70,83)(H,71,84)(H,72,85)/t20-,21+,22+,23+,24+,25+,26+,27+,28+,29+,30+,31+,32+,33+,34+,35-,36-,37-,38+,39+,40+,41+,42+,43-,44-,45-,46-,47+,48+,49+,50+,51-,52-,53+,54+,55+,56+,57+,58-,59-,60+,61-,62-,63-,64-,65-,66+,67-,68-/m0/s1. The molecule has 9 aliphatic rings. The van der Waals surface area contributed by atoms with Crippen LogP contribution in [-0.2, 0) is 104 Å². The van der Waals surface area contributed by atoms with Gasteiger partial charge in [-0.2, -0.15) is 0 Å². The van der Waals surface area contributed by atoms with Crippen LogP contribution in [0.3, 0.4) is 0 Å². The van der Waals surface area contributed by atoms with Gasteiger partial charge in [-0.05, 0) is 0 Å². The molecule has 0 aromatic heterocycles. The van der Waals surface area contributed by atoms with Crippen molar-refractivity contribution in [3.8, 4) is 0 Å². The van der Waals surface area contributed by atoms with Crippen molar-refractivity contribution >= 4 is 23.6 Å². The molecule has 0 aromatic carbocycles. The summed E-state index contributed by atoms with van der Waals surface area (Å²) < 4.78 is 106. The van der Waals surface area contributed by atoms with Crippen LogP contribution >= 0.6 is 0 Å². The summed E-state index contributed by atoms with van der Waals surface area (Å²) in [5.74, 6) is -3.73. The van der Waals surface area contributed by atoms with Gasteiger partial charge in [-0.3, -0.25) is 19.2 Å². The van der Waals surface area contributed by atoms with Crippen LogP contribution < -0.4 is 21.3 Å². The number of ether oxygens (including phenoxy) is 18. The summed E-state index contributed by atoms with van der Waals surface area (Å²) in [6, 6.07) is -7.49. The lowest BCUT2D eigenvalue weighted by Crippen LogP contribution is -2.70. The Hall–Kier alpha value is -4.00. The first-order chi connectivity index (χ1) is 58.2. The third-order valence-electron chi connectivity index (χ3n) is 22.1. The summed E-state index contributed by atoms with van der Waals surface area (Å²) >= 11 is 0. The topological polar surface area (TPSA) is 869 Å². The Labute approximate surface area is 696 Å². The first kappa shape index (κ1) is 103. The third kappa shape index (κ3) is 23.5. The highest BCUT2D eigenvalue weighted by molar-refractivity contribution is 5.74. The Morgan fingerprint density at radius 3 is 0.927 bits per heavy atom. The lowest BCUT2D eigenvalue weighted by Gasteiger charge is -2.50. The van der Waals surface area contributed by atoms with Crippen LogP contribution in [0, 0.1) is 0 Å². The number of rotatable bonds is 36. The molecule has 0 aromatic rings. The predicted molar refractivity (Wildman–Crippen MR) is 378 cm³/mol. The van der Waals surface area contributed by atoms with Crippen LogP contribution in [0.1, 0.15) is 27.7 Å². The molecule has 0 bridgehead atoms. The molecule has 4 amide bonds. The molecule has 9 saturated heterocycles. The fraction of sp³-hybridized carbons (Fsp3) is 0.941. The van der Waals surface area contributed by atoms with Gasteiger partial charge in [-0.25, -0.2) is 0 Å². The molecule has 49 atom stereocenters. The molecule has 0 spiro atoms. The van der Waals surface area contributed by atoms with Gasteiger partial charge in [-0.15, -0.1) is 0 Å².